The maximum absolute atomic E-state index is 10.2. The number of carbonyl (C=O) groups is 1. The zero-order valence-corrected chi connectivity index (χ0v) is 9.04. The molecule has 13 heavy (non-hydrogen) atoms. The lowest BCUT2D eigenvalue weighted by Gasteiger charge is -2.30. The fraction of sp³-hybridized carbons (Fsp3) is 0.727. The number of aldehydes is 1. The van der Waals surface area contributed by atoms with Crippen molar-refractivity contribution in [3.8, 4) is 0 Å². The minimum absolute atomic E-state index is 0.0638. The van der Waals surface area contributed by atoms with Crippen molar-refractivity contribution in [1.82, 2.24) is 0 Å². The molecule has 0 aromatic carbocycles. The molecule has 2 heteroatoms. The molecule has 1 atom stereocenters. The Labute approximate surface area is 81.0 Å². The highest BCUT2D eigenvalue weighted by atomic mass is 16.5. The number of ether oxygens (including phenoxy) is 1. The monoisotopic (exact) mass is 184 g/mol. The third-order valence-corrected chi connectivity index (χ3v) is 2.27. The second-order valence-electron chi connectivity index (χ2n) is 3.83. The summed E-state index contributed by atoms with van der Waals surface area (Å²) in [5.74, 6) is 0. The molecule has 0 spiro atoms. The van der Waals surface area contributed by atoms with Crippen LogP contribution in [-0.2, 0) is 9.53 Å². The lowest BCUT2D eigenvalue weighted by atomic mass is 9.84. The van der Waals surface area contributed by atoms with Gasteiger partial charge in [0.05, 0.1) is 6.10 Å². The molecule has 0 aliphatic carbocycles. The summed E-state index contributed by atoms with van der Waals surface area (Å²) >= 11 is 0. The minimum atomic E-state index is -0.0638. The lowest BCUT2D eigenvalue weighted by Crippen LogP contribution is -2.29. The van der Waals surface area contributed by atoms with Crippen LogP contribution in [0.15, 0.2) is 12.2 Å². The van der Waals surface area contributed by atoms with E-state index in [4.69, 9.17) is 4.74 Å². The predicted octanol–water partition coefficient (Wildman–Crippen LogP) is 2.58. The number of carbonyl (C=O) groups excluding carboxylic acids is 1. The van der Waals surface area contributed by atoms with Gasteiger partial charge in [0.25, 0.3) is 0 Å². The molecule has 0 heterocycles. The van der Waals surface area contributed by atoms with E-state index in [0.29, 0.717) is 0 Å². The Morgan fingerprint density at radius 2 is 2.08 bits per heavy atom. The van der Waals surface area contributed by atoms with Gasteiger partial charge in [-0.2, -0.15) is 0 Å². The topological polar surface area (TPSA) is 26.3 Å². The normalized spacial score (nSPS) is 14.8. The lowest BCUT2D eigenvalue weighted by molar-refractivity contribution is -0.104. The summed E-state index contributed by atoms with van der Waals surface area (Å²) in [4.78, 5) is 10.2. The molecule has 0 radical (unpaired) electrons. The highest BCUT2D eigenvalue weighted by molar-refractivity contribution is 5.64. The fourth-order valence-corrected chi connectivity index (χ4v) is 1.45. The minimum Gasteiger partial charge on any atom is -0.381 e. The van der Waals surface area contributed by atoms with E-state index in [1.807, 2.05) is 6.08 Å². The molecule has 2 nitrogen and oxygen atoms in total. The smallest absolute Gasteiger partial charge is 0.142 e. The first-order valence-corrected chi connectivity index (χ1v) is 4.74. The Kier molecular flexibility index (Phi) is 5.63. The second-order valence-corrected chi connectivity index (χ2v) is 3.83. The van der Waals surface area contributed by atoms with Crippen LogP contribution in [0, 0.1) is 5.41 Å². The van der Waals surface area contributed by atoms with E-state index in [1.165, 1.54) is 0 Å². The maximum Gasteiger partial charge on any atom is 0.142 e. The van der Waals surface area contributed by atoms with Gasteiger partial charge in [-0.05, 0) is 12.5 Å². The van der Waals surface area contributed by atoms with Crippen LogP contribution in [0.25, 0.3) is 0 Å². The van der Waals surface area contributed by atoms with Crippen molar-refractivity contribution < 1.29 is 9.53 Å². The maximum atomic E-state index is 10.2. The van der Waals surface area contributed by atoms with E-state index in [9.17, 15) is 4.79 Å². The quantitative estimate of drug-likeness (QED) is 0.468. The predicted molar refractivity (Wildman–Crippen MR) is 54.7 cm³/mol. The first kappa shape index (κ1) is 12.4. The Morgan fingerprint density at radius 3 is 2.46 bits per heavy atom. The van der Waals surface area contributed by atoms with E-state index < -0.39 is 0 Å². The van der Waals surface area contributed by atoms with Crippen molar-refractivity contribution >= 4 is 6.29 Å². The molecule has 0 aromatic heterocycles. The molecule has 0 aliphatic rings. The SMILES string of the molecule is CCCC(OC)C(C)(C)C=CC=O. The summed E-state index contributed by atoms with van der Waals surface area (Å²) in [6.07, 6.45) is 6.56. The van der Waals surface area contributed by atoms with Gasteiger partial charge in [0.2, 0.25) is 0 Å². The molecular formula is C11H20O2. The van der Waals surface area contributed by atoms with Gasteiger partial charge in [0, 0.05) is 12.5 Å². The molecule has 0 amide bonds. The molecule has 0 rings (SSSR count). The van der Waals surface area contributed by atoms with Crippen LogP contribution in [0.2, 0.25) is 0 Å². The van der Waals surface area contributed by atoms with Crippen molar-refractivity contribution in [3.63, 3.8) is 0 Å². The van der Waals surface area contributed by atoms with Gasteiger partial charge in [0.15, 0.2) is 0 Å². The Morgan fingerprint density at radius 1 is 1.46 bits per heavy atom. The van der Waals surface area contributed by atoms with Crippen molar-refractivity contribution in [2.45, 2.75) is 39.7 Å². The Balaban J connectivity index is 4.35. The van der Waals surface area contributed by atoms with Crippen molar-refractivity contribution in [2.75, 3.05) is 7.11 Å². The summed E-state index contributed by atoms with van der Waals surface area (Å²) in [7, 11) is 1.72. The van der Waals surface area contributed by atoms with E-state index >= 15 is 0 Å². The van der Waals surface area contributed by atoms with Crippen LogP contribution >= 0.6 is 0 Å². The number of allylic oxidation sites excluding steroid dienone is 1. The van der Waals surface area contributed by atoms with Gasteiger partial charge < -0.3 is 4.74 Å². The van der Waals surface area contributed by atoms with Gasteiger partial charge in [-0.15, -0.1) is 0 Å². The van der Waals surface area contributed by atoms with Gasteiger partial charge in [0.1, 0.15) is 6.29 Å². The molecule has 1 unspecified atom stereocenters. The molecule has 0 N–H and O–H groups in total. The largest absolute Gasteiger partial charge is 0.381 e. The molecular weight excluding hydrogens is 164 g/mol. The van der Waals surface area contributed by atoms with Gasteiger partial charge in [-0.1, -0.05) is 33.3 Å². The molecule has 0 fully saturated rings. The summed E-state index contributed by atoms with van der Waals surface area (Å²) in [6, 6.07) is 0. The van der Waals surface area contributed by atoms with Gasteiger partial charge in [-0.25, -0.2) is 0 Å². The van der Waals surface area contributed by atoms with E-state index in [-0.39, 0.29) is 11.5 Å². The highest BCUT2D eigenvalue weighted by Gasteiger charge is 2.25. The van der Waals surface area contributed by atoms with Crippen LogP contribution in [0.5, 0.6) is 0 Å². The summed E-state index contributed by atoms with van der Waals surface area (Å²) in [6.45, 7) is 6.29. The van der Waals surface area contributed by atoms with E-state index in [2.05, 4.69) is 20.8 Å². The average Bonchev–Trinajstić information content (AvgIpc) is 2.10. The Bertz CT molecular complexity index is 171. The molecule has 0 bridgehead atoms. The Hall–Kier alpha value is -0.630. The molecule has 0 aliphatic heterocycles. The molecule has 0 aromatic rings. The van der Waals surface area contributed by atoms with Crippen molar-refractivity contribution in [1.29, 1.82) is 0 Å². The highest BCUT2D eigenvalue weighted by Crippen LogP contribution is 2.27. The van der Waals surface area contributed by atoms with Crippen molar-refractivity contribution in [3.05, 3.63) is 12.2 Å². The fourth-order valence-electron chi connectivity index (χ4n) is 1.45. The third-order valence-electron chi connectivity index (χ3n) is 2.27. The van der Waals surface area contributed by atoms with Crippen LogP contribution in [0.1, 0.15) is 33.6 Å². The van der Waals surface area contributed by atoms with Crippen LogP contribution in [0.3, 0.4) is 0 Å². The zero-order valence-electron chi connectivity index (χ0n) is 9.04. The van der Waals surface area contributed by atoms with Crippen molar-refractivity contribution in [2.24, 2.45) is 5.41 Å². The van der Waals surface area contributed by atoms with Crippen LogP contribution in [-0.4, -0.2) is 19.5 Å². The second kappa shape index (κ2) is 5.92. The summed E-state index contributed by atoms with van der Waals surface area (Å²) < 4.78 is 5.39. The number of rotatable bonds is 6. The third kappa shape index (κ3) is 4.23. The number of hydrogen-bond acceptors (Lipinski definition) is 2. The average molecular weight is 184 g/mol. The van der Waals surface area contributed by atoms with Gasteiger partial charge >= 0.3 is 0 Å². The van der Waals surface area contributed by atoms with Crippen LogP contribution in [0.4, 0.5) is 0 Å². The first-order valence-electron chi connectivity index (χ1n) is 4.74. The zero-order chi connectivity index (χ0) is 10.3. The summed E-state index contributed by atoms with van der Waals surface area (Å²) in [5.41, 5.74) is -0.0638. The number of hydrogen-bond donors (Lipinski definition) is 0. The first-order chi connectivity index (χ1) is 6.08. The number of methoxy groups -OCH3 is 1. The van der Waals surface area contributed by atoms with E-state index in [1.54, 1.807) is 13.2 Å². The molecule has 76 valence electrons. The van der Waals surface area contributed by atoms with Gasteiger partial charge in [-0.3, -0.25) is 4.79 Å². The molecule has 0 saturated carbocycles. The van der Waals surface area contributed by atoms with Crippen LogP contribution < -0.4 is 0 Å². The molecule has 0 saturated heterocycles. The standard InChI is InChI=1S/C11H20O2/c1-5-7-10(13-4)11(2,3)8-6-9-12/h6,8-10H,5,7H2,1-4H3. The van der Waals surface area contributed by atoms with E-state index in [0.717, 1.165) is 19.1 Å². The summed E-state index contributed by atoms with van der Waals surface area (Å²) in [5, 5.41) is 0.